The molecule has 0 aromatic rings. The summed E-state index contributed by atoms with van der Waals surface area (Å²) in [5.74, 6) is 0.800. The molecule has 1 rings (SSSR count). The first-order chi connectivity index (χ1) is 5.29. The van der Waals surface area contributed by atoms with E-state index in [2.05, 4.69) is 13.8 Å². The molecule has 2 N–H and O–H groups in total. The van der Waals surface area contributed by atoms with Gasteiger partial charge in [-0.3, -0.25) is 0 Å². The van der Waals surface area contributed by atoms with Gasteiger partial charge in [-0.25, -0.2) is 0 Å². The van der Waals surface area contributed by atoms with Gasteiger partial charge >= 0.3 is 0 Å². The van der Waals surface area contributed by atoms with Crippen LogP contribution in [0.15, 0.2) is 11.3 Å². The molecule has 0 aromatic heterocycles. The zero-order valence-corrected chi connectivity index (χ0v) is 7.69. The number of nitrogens with two attached hydrogens (primary N) is 1. The van der Waals surface area contributed by atoms with Crippen LogP contribution in [-0.4, -0.2) is 0 Å². The van der Waals surface area contributed by atoms with Crippen molar-refractivity contribution in [1.29, 1.82) is 0 Å². The van der Waals surface area contributed by atoms with Crippen LogP contribution in [0, 0.1) is 5.92 Å². The van der Waals surface area contributed by atoms with E-state index in [0.29, 0.717) is 0 Å². The molecule has 0 fully saturated rings. The Labute approximate surface area is 69.7 Å². The number of allylic oxidation sites excluding steroid dienone is 2. The fourth-order valence-electron chi connectivity index (χ4n) is 2.10. The normalized spacial score (nSPS) is 25.8. The molecule has 0 bridgehead atoms. The van der Waals surface area contributed by atoms with E-state index in [9.17, 15) is 0 Å². The lowest BCUT2D eigenvalue weighted by atomic mass is 9.83. The smallest absolute Gasteiger partial charge is 0.00751 e. The fraction of sp³-hybridized carbons (Fsp3) is 0.800. The van der Waals surface area contributed by atoms with Gasteiger partial charge in [0.1, 0.15) is 0 Å². The third-order valence-electron chi connectivity index (χ3n) is 2.78. The summed E-state index contributed by atoms with van der Waals surface area (Å²) in [4.78, 5) is 0. The van der Waals surface area contributed by atoms with E-state index in [-0.39, 0.29) is 0 Å². The highest BCUT2D eigenvalue weighted by Gasteiger charge is 2.17. The van der Waals surface area contributed by atoms with Gasteiger partial charge in [-0.15, -0.1) is 0 Å². The third kappa shape index (κ3) is 1.76. The molecule has 1 heteroatoms. The minimum Gasteiger partial charge on any atom is -0.402 e. The van der Waals surface area contributed by atoms with Crippen molar-refractivity contribution in [1.82, 2.24) is 0 Å². The van der Waals surface area contributed by atoms with E-state index in [1.807, 2.05) is 0 Å². The Bertz CT molecular complexity index is 158. The van der Waals surface area contributed by atoms with E-state index < -0.39 is 0 Å². The predicted molar refractivity (Wildman–Crippen MR) is 49.1 cm³/mol. The van der Waals surface area contributed by atoms with Gasteiger partial charge in [-0.1, -0.05) is 13.8 Å². The summed E-state index contributed by atoms with van der Waals surface area (Å²) >= 11 is 0. The van der Waals surface area contributed by atoms with Crippen LogP contribution >= 0.6 is 0 Å². The molecule has 0 aromatic carbocycles. The second kappa shape index (κ2) is 3.80. The second-order valence-electron chi connectivity index (χ2n) is 3.40. The highest BCUT2D eigenvalue weighted by atomic mass is 14.6. The molecule has 11 heavy (non-hydrogen) atoms. The Morgan fingerprint density at radius 3 is 2.64 bits per heavy atom. The van der Waals surface area contributed by atoms with E-state index in [4.69, 9.17) is 5.73 Å². The first kappa shape index (κ1) is 8.63. The molecule has 0 spiro atoms. The van der Waals surface area contributed by atoms with Gasteiger partial charge in [0.15, 0.2) is 0 Å². The molecule has 1 aliphatic rings. The summed E-state index contributed by atoms with van der Waals surface area (Å²) in [5, 5.41) is 0. The molecule has 64 valence electrons. The van der Waals surface area contributed by atoms with Crippen LogP contribution in [0.2, 0.25) is 0 Å². The quantitative estimate of drug-likeness (QED) is 0.648. The molecule has 0 amide bonds. The fourth-order valence-corrected chi connectivity index (χ4v) is 2.10. The maximum atomic E-state index is 5.94. The number of hydrogen-bond donors (Lipinski definition) is 1. The third-order valence-corrected chi connectivity index (χ3v) is 2.78. The van der Waals surface area contributed by atoms with Crippen LogP contribution in [0.25, 0.3) is 0 Å². The predicted octanol–water partition coefficient (Wildman–Crippen LogP) is 2.82. The Kier molecular flexibility index (Phi) is 2.98. The average molecular weight is 153 g/mol. The Balaban J connectivity index is 2.73. The monoisotopic (exact) mass is 153 g/mol. The average Bonchev–Trinajstić information content (AvgIpc) is 2.04. The SMILES string of the molecule is CCC1=C(N)CCCC1CC. The van der Waals surface area contributed by atoms with Gasteiger partial charge in [0.25, 0.3) is 0 Å². The highest BCUT2D eigenvalue weighted by molar-refractivity contribution is 5.16. The van der Waals surface area contributed by atoms with Crippen molar-refractivity contribution in [3.8, 4) is 0 Å². The molecular weight excluding hydrogens is 134 g/mol. The van der Waals surface area contributed by atoms with Crippen LogP contribution in [0.1, 0.15) is 46.0 Å². The van der Waals surface area contributed by atoms with Gasteiger partial charge in [-0.05, 0) is 43.6 Å². The van der Waals surface area contributed by atoms with Crippen molar-refractivity contribution in [2.75, 3.05) is 0 Å². The zero-order valence-electron chi connectivity index (χ0n) is 7.69. The molecule has 0 heterocycles. The van der Waals surface area contributed by atoms with Crippen LogP contribution < -0.4 is 5.73 Å². The van der Waals surface area contributed by atoms with Crippen molar-refractivity contribution in [2.24, 2.45) is 11.7 Å². The molecule has 0 saturated carbocycles. The molecule has 0 radical (unpaired) electrons. The van der Waals surface area contributed by atoms with Crippen LogP contribution in [0.4, 0.5) is 0 Å². The minimum atomic E-state index is 0.800. The summed E-state index contributed by atoms with van der Waals surface area (Å²) < 4.78 is 0. The lowest BCUT2D eigenvalue weighted by molar-refractivity contribution is 0.470. The van der Waals surface area contributed by atoms with Crippen LogP contribution in [0.5, 0.6) is 0 Å². The largest absolute Gasteiger partial charge is 0.402 e. The van der Waals surface area contributed by atoms with Gasteiger partial charge < -0.3 is 5.73 Å². The van der Waals surface area contributed by atoms with Crippen molar-refractivity contribution in [2.45, 2.75) is 46.0 Å². The minimum absolute atomic E-state index is 0.800. The van der Waals surface area contributed by atoms with Gasteiger partial charge in [-0.2, -0.15) is 0 Å². The van der Waals surface area contributed by atoms with E-state index in [1.165, 1.54) is 25.0 Å². The lowest BCUT2D eigenvalue weighted by Gasteiger charge is -2.25. The Hall–Kier alpha value is -0.460. The summed E-state index contributed by atoms with van der Waals surface area (Å²) in [6, 6.07) is 0. The molecular formula is C10H19N. The van der Waals surface area contributed by atoms with Crippen molar-refractivity contribution in [3.05, 3.63) is 11.3 Å². The van der Waals surface area contributed by atoms with Crippen LogP contribution in [-0.2, 0) is 0 Å². The van der Waals surface area contributed by atoms with Crippen molar-refractivity contribution >= 4 is 0 Å². The Morgan fingerprint density at radius 2 is 2.18 bits per heavy atom. The summed E-state index contributed by atoms with van der Waals surface area (Å²) in [5.41, 5.74) is 8.66. The summed E-state index contributed by atoms with van der Waals surface area (Å²) in [6.07, 6.45) is 6.22. The van der Waals surface area contributed by atoms with Crippen molar-refractivity contribution < 1.29 is 0 Å². The second-order valence-corrected chi connectivity index (χ2v) is 3.40. The Morgan fingerprint density at radius 1 is 1.45 bits per heavy atom. The molecule has 1 atom stereocenters. The first-order valence-corrected chi connectivity index (χ1v) is 4.77. The highest BCUT2D eigenvalue weighted by Crippen LogP contribution is 2.31. The molecule has 0 aliphatic heterocycles. The van der Waals surface area contributed by atoms with Crippen LogP contribution in [0.3, 0.4) is 0 Å². The topological polar surface area (TPSA) is 26.0 Å². The number of rotatable bonds is 2. The summed E-state index contributed by atoms with van der Waals surface area (Å²) in [7, 11) is 0. The van der Waals surface area contributed by atoms with E-state index >= 15 is 0 Å². The molecule has 1 unspecified atom stereocenters. The van der Waals surface area contributed by atoms with Crippen molar-refractivity contribution in [3.63, 3.8) is 0 Å². The van der Waals surface area contributed by atoms with Gasteiger partial charge in [0.2, 0.25) is 0 Å². The maximum absolute atomic E-state index is 5.94. The number of hydrogen-bond acceptors (Lipinski definition) is 1. The molecule has 1 nitrogen and oxygen atoms in total. The first-order valence-electron chi connectivity index (χ1n) is 4.77. The van der Waals surface area contributed by atoms with E-state index in [1.54, 1.807) is 5.57 Å². The molecule has 1 aliphatic carbocycles. The van der Waals surface area contributed by atoms with Gasteiger partial charge in [0.05, 0.1) is 0 Å². The lowest BCUT2D eigenvalue weighted by Crippen LogP contribution is -2.15. The standard InChI is InChI=1S/C10H19N/c1-3-8-6-5-7-10(11)9(8)4-2/h8H,3-7,11H2,1-2H3. The maximum Gasteiger partial charge on any atom is 0.00751 e. The molecule has 0 saturated heterocycles. The summed E-state index contributed by atoms with van der Waals surface area (Å²) in [6.45, 7) is 4.48. The van der Waals surface area contributed by atoms with Gasteiger partial charge in [0, 0.05) is 5.70 Å². The van der Waals surface area contributed by atoms with E-state index in [0.717, 1.165) is 18.8 Å². The zero-order chi connectivity index (χ0) is 8.27.